The molecule has 16 heavy (non-hydrogen) atoms. The topological polar surface area (TPSA) is 80.3 Å². The lowest BCUT2D eigenvalue weighted by molar-refractivity contribution is -0.402. The highest BCUT2D eigenvalue weighted by atomic mass is 16.6. The van der Waals surface area contributed by atoms with E-state index in [1.165, 1.54) is 6.07 Å². The van der Waals surface area contributed by atoms with E-state index in [2.05, 4.69) is 17.6 Å². The summed E-state index contributed by atoms with van der Waals surface area (Å²) in [6, 6.07) is 3.02. The maximum atomic E-state index is 10.4. The lowest BCUT2D eigenvalue weighted by Gasteiger charge is -2.23. The minimum Gasteiger partial charge on any atom is -0.404 e. The van der Waals surface area contributed by atoms with Crippen molar-refractivity contribution in [3.63, 3.8) is 0 Å². The van der Waals surface area contributed by atoms with E-state index in [0.717, 1.165) is 19.5 Å². The molecule has 1 aliphatic rings. The first-order chi connectivity index (χ1) is 7.59. The lowest BCUT2D eigenvalue weighted by Crippen LogP contribution is -2.43. The van der Waals surface area contributed by atoms with Crippen molar-refractivity contribution in [1.82, 2.24) is 10.6 Å². The van der Waals surface area contributed by atoms with Crippen LogP contribution in [0.5, 0.6) is 0 Å². The molecular weight excluding hydrogens is 210 g/mol. The van der Waals surface area contributed by atoms with Gasteiger partial charge < -0.3 is 15.1 Å². The Morgan fingerprint density at radius 3 is 3.06 bits per heavy atom. The lowest BCUT2D eigenvalue weighted by atomic mass is 10.0. The van der Waals surface area contributed by atoms with E-state index in [1.807, 2.05) is 0 Å². The van der Waals surface area contributed by atoms with Crippen LogP contribution < -0.4 is 10.6 Å². The normalized spacial score (nSPS) is 24.8. The molecule has 1 saturated heterocycles. The highest BCUT2D eigenvalue weighted by Crippen LogP contribution is 2.18. The van der Waals surface area contributed by atoms with Gasteiger partial charge >= 0.3 is 5.88 Å². The first kappa shape index (κ1) is 11.1. The Balaban J connectivity index is 1.91. The van der Waals surface area contributed by atoms with Gasteiger partial charge in [-0.1, -0.05) is 0 Å². The maximum absolute atomic E-state index is 10.4. The van der Waals surface area contributed by atoms with Gasteiger partial charge in [-0.25, -0.2) is 0 Å². The molecule has 1 aromatic heterocycles. The van der Waals surface area contributed by atoms with E-state index in [9.17, 15) is 10.1 Å². The smallest absolute Gasteiger partial charge is 0.404 e. The number of nitrogens with one attached hydrogen (secondary N) is 2. The molecule has 0 aliphatic carbocycles. The Kier molecular flexibility index (Phi) is 2.93. The van der Waals surface area contributed by atoms with E-state index in [-0.39, 0.29) is 11.4 Å². The van der Waals surface area contributed by atoms with Crippen LogP contribution in [0.1, 0.15) is 19.1 Å². The van der Waals surface area contributed by atoms with Crippen molar-refractivity contribution in [1.29, 1.82) is 0 Å². The van der Waals surface area contributed by atoms with Crippen LogP contribution in [0.3, 0.4) is 0 Å². The Morgan fingerprint density at radius 2 is 2.50 bits per heavy atom. The quantitative estimate of drug-likeness (QED) is 0.591. The first-order valence-corrected chi connectivity index (χ1v) is 5.28. The Morgan fingerprint density at radius 1 is 1.69 bits per heavy atom. The van der Waals surface area contributed by atoms with Crippen LogP contribution in [0.25, 0.3) is 0 Å². The van der Waals surface area contributed by atoms with E-state index >= 15 is 0 Å². The van der Waals surface area contributed by atoms with Gasteiger partial charge in [-0.3, -0.25) is 10.1 Å². The fraction of sp³-hybridized carbons (Fsp3) is 0.600. The molecule has 0 aromatic carbocycles. The molecule has 0 saturated carbocycles. The van der Waals surface area contributed by atoms with Gasteiger partial charge in [0.2, 0.25) is 0 Å². The summed E-state index contributed by atoms with van der Waals surface area (Å²) in [6.45, 7) is 4.56. The third-order valence-corrected chi connectivity index (χ3v) is 2.89. The summed E-state index contributed by atoms with van der Waals surface area (Å²) in [5.74, 6) is 0.395. The zero-order valence-corrected chi connectivity index (χ0v) is 9.16. The van der Waals surface area contributed by atoms with Crippen molar-refractivity contribution >= 4 is 5.88 Å². The van der Waals surface area contributed by atoms with Crippen molar-refractivity contribution in [3.8, 4) is 0 Å². The van der Waals surface area contributed by atoms with Gasteiger partial charge in [-0.2, -0.15) is 0 Å². The summed E-state index contributed by atoms with van der Waals surface area (Å²) in [6.07, 6.45) is 1.05. The average molecular weight is 225 g/mol. The zero-order chi connectivity index (χ0) is 11.6. The first-order valence-electron chi connectivity index (χ1n) is 5.28. The molecule has 0 amide bonds. The van der Waals surface area contributed by atoms with Crippen molar-refractivity contribution in [2.75, 3.05) is 13.1 Å². The molecule has 1 atom stereocenters. The van der Waals surface area contributed by atoms with Gasteiger partial charge in [0.15, 0.2) is 0 Å². The largest absolute Gasteiger partial charge is 0.433 e. The second-order valence-electron chi connectivity index (χ2n) is 4.34. The molecule has 1 unspecified atom stereocenters. The van der Waals surface area contributed by atoms with Crippen LogP contribution in [0.4, 0.5) is 5.88 Å². The number of hydrogen-bond donors (Lipinski definition) is 2. The van der Waals surface area contributed by atoms with E-state index in [0.29, 0.717) is 12.3 Å². The fourth-order valence-electron chi connectivity index (χ4n) is 1.83. The Labute approximate surface area is 93.2 Å². The fourth-order valence-corrected chi connectivity index (χ4v) is 1.83. The van der Waals surface area contributed by atoms with Gasteiger partial charge in [-0.15, -0.1) is 0 Å². The second-order valence-corrected chi connectivity index (χ2v) is 4.34. The minimum absolute atomic E-state index is 0.0571. The van der Waals surface area contributed by atoms with E-state index in [4.69, 9.17) is 4.42 Å². The Bertz CT molecular complexity index is 382. The molecular formula is C10H15N3O3. The summed E-state index contributed by atoms with van der Waals surface area (Å²) in [5.41, 5.74) is 0.0571. The molecule has 0 bridgehead atoms. The molecule has 6 heteroatoms. The number of hydrogen-bond acceptors (Lipinski definition) is 5. The van der Waals surface area contributed by atoms with Crippen molar-refractivity contribution in [3.05, 3.63) is 28.0 Å². The van der Waals surface area contributed by atoms with Crippen LogP contribution in [0, 0.1) is 10.1 Å². The molecule has 1 aromatic rings. The molecule has 1 aliphatic heterocycles. The Hall–Kier alpha value is -1.40. The monoisotopic (exact) mass is 225 g/mol. The zero-order valence-electron chi connectivity index (χ0n) is 9.16. The molecule has 6 nitrogen and oxygen atoms in total. The molecule has 88 valence electrons. The summed E-state index contributed by atoms with van der Waals surface area (Å²) in [4.78, 5) is 9.89. The standard InChI is InChI=1S/C10H15N3O3/c1-10(4-5-11-7-10)12-6-8-2-3-9(16-8)13(14)15/h2-3,11-12H,4-7H2,1H3. The summed E-state index contributed by atoms with van der Waals surface area (Å²) < 4.78 is 5.07. The second kappa shape index (κ2) is 4.23. The van der Waals surface area contributed by atoms with Crippen LogP contribution in [-0.4, -0.2) is 23.6 Å². The summed E-state index contributed by atoms with van der Waals surface area (Å²) in [5, 5.41) is 17.0. The van der Waals surface area contributed by atoms with E-state index in [1.54, 1.807) is 6.07 Å². The van der Waals surface area contributed by atoms with Gasteiger partial charge in [0.05, 0.1) is 12.6 Å². The molecule has 2 heterocycles. The van der Waals surface area contributed by atoms with Crippen LogP contribution in [0.15, 0.2) is 16.5 Å². The molecule has 0 radical (unpaired) electrons. The van der Waals surface area contributed by atoms with Crippen LogP contribution in [0.2, 0.25) is 0 Å². The van der Waals surface area contributed by atoms with E-state index < -0.39 is 4.92 Å². The third-order valence-electron chi connectivity index (χ3n) is 2.89. The summed E-state index contributed by atoms with van der Waals surface area (Å²) in [7, 11) is 0. The molecule has 0 spiro atoms. The van der Waals surface area contributed by atoms with Crippen LogP contribution >= 0.6 is 0 Å². The number of nitrogens with zero attached hydrogens (tertiary/aromatic N) is 1. The highest BCUT2D eigenvalue weighted by molar-refractivity contribution is 5.17. The maximum Gasteiger partial charge on any atom is 0.433 e. The number of furan rings is 1. The number of rotatable bonds is 4. The van der Waals surface area contributed by atoms with Crippen molar-refractivity contribution in [2.45, 2.75) is 25.4 Å². The number of nitro groups is 1. The molecule has 2 N–H and O–H groups in total. The van der Waals surface area contributed by atoms with Crippen LogP contribution in [-0.2, 0) is 6.54 Å². The average Bonchev–Trinajstić information content (AvgIpc) is 2.84. The predicted octanol–water partition coefficient (Wildman–Crippen LogP) is 1.03. The van der Waals surface area contributed by atoms with Crippen molar-refractivity contribution in [2.24, 2.45) is 0 Å². The minimum atomic E-state index is -0.525. The van der Waals surface area contributed by atoms with Gasteiger partial charge in [0.25, 0.3) is 0 Å². The molecule has 2 rings (SSSR count). The predicted molar refractivity (Wildman–Crippen MR) is 58.1 cm³/mol. The van der Waals surface area contributed by atoms with Gasteiger partial charge in [0, 0.05) is 12.1 Å². The highest BCUT2D eigenvalue weighted by Gasteiger charge is 2.28. The molecule has 1 fully saturated rings. The van der Waals surface area contributed by atoms with Gasteiger partial charge in [0.1, 0.15) is 10.7 Å². The SMILES string of the molecule is CC1(NCc2ccc([N+](=O)[O-])o2)CCNC1. The van der Waals surface area contributed by atoms with Gasteiger partial charge in [-0.05, 0) is 26.0 Å². The summed E-state index contributed by atoms with van der Waals surface area (Å²) >= 11 is 0. The van der Waals surface area contributed by atoms with Crippen molar-refractivity contribution < 1.29 is 9.34 Å². The third kappa shape index (κ3) is 2.40.